The monoisotopic (exact) mass is 1680 g/mol. The number of aliphatic hydroxyl groups is 2. The van der Waals surface area contributed by atoms with Gasteiger partial charge in [0.2, 0.25) is 82.7 Å². The standard InChI is InChI=1S/C81H103N19O17S2/c1-42(2)27-59(90-46(7)103)77(113)100-69(45(6)102)81(117)95-61(28-47-13-9-8-10-14-47)75(111)97-65-39-118-37-52-21-19-49(32-85-52)50-20-22-53(86-33-50)38-119-40-66(79(115)96-64(36-101)70(83)106)98-80(116)68(43(3)4)99-72(108)58(25-26-67(82)105)91-71(107)44(5)89-73(109)62(30-51-34-87-57-16-12-11-15-56(51)57)93-74(110)60(29-48-17-23-55(104)24-18-48)92-76(112)63(94-78(65)114)31-54-35-84-41-88-54/h8-24,32-35,41-45,58-66,68-69,87,101-102,104H,25-31,36-40H2,1-7H3,(H2,82,105)(H2,83,106)(H,84,88)(H,89,109)(H,90,103)(H,91,107)(H,92,112)(H,93,110)(H,94,114)(H,95,117)(H,96,115)(H,97,111)(H,98,116)(H,99,108)(H,100,113)/t44-,45+,58-,59-,60-,61-,62-,63-,64-,65-,66-,68-,69-/m0/s1. The fraction of sp³-hybridized carbons (Fsp3) is 0.420. The van der Waals surface area contributed by atoms with Gasteiger partial charge in [0.1, 0.15) is 78.3 Å². The molecule has 4 bridgehead atoms. The van der Waals surface area contributed by atoms with Crippen molar-refractivity contribution in [3.8, 4) is 16.9 Å². The van der Waals surface area contributed by atoms with Gasteiger partial charge in [-0.3, -0.25) is 77.1 Å². The third-order valence-corrected chi connectivity index (χ3v) is 21.3. The molecular weight excluding hydrogens is 1580 g/mol. The van der Waals surface area contributed by atoms with Gasteiger partial charge in [-0.1, -0.05) is 100 Å². The smallest absolute Gasteiger partial charge is 0.245 e. The molecule has 38 heteroatoms. The molecule has 4 aromatic heterocycles. The molecule has 3 aliphatic heterocycles. The Bertz CT molecular complexity index is 4670. The second-order valence-corrected chi connectivity index (χ2v) is 31.7. The zero-order chi connectivity index (χ0) is 86.6. The highest BCUT2D eigenvalue weighted by Gasteiger charge is 2.39. The lowest BCUT2D eigenvalue weighted by atomic mass is 10.0. The number of pyridine rings is 2. The van der Waals surface area contributed by atoms with Gasteiger partial charge in [0.05, 0.1) is 30.4 Å². The van der Waals surface area contributed by atoms with Gasteiger partial charge in [0.25, 0.3) is 0 Å². The number of aromatic nitrogens is 5. The number of aromatic amines is 2. The van der Waals surface area contributed by atoms with Gasteiger partial charge in [-0.05, 0) is 85.5 Å². The van der Waals surface area contributed by atoms with E-state index in [0.717, 1.165) is 23.5 Å². The number of para-hydroxylation sites is 1. The maximum absolute atomic E-state index is 15.5. The number of H-pyrrole nitrogens is 2. The lowest BCUT2D eigenvalue weighted by molar-refractivity contribution is -0.136. The van der Waals surface area contributed by atoms with Gasteiger partial charge < -0.3 is 101 Å². The van der Waals surface area contributed by atoms with Crippen LogP contribution in [0.2, 0.25) is 0 Å². The largest absolute Gasteiger partial charge is 0.508 e. The maximum Gasteiger partial charge on any atom is 0.245 e. The van der Waals surface area contributed by atoms with Crippen molar-refractivity contribution in [2.75, 3.05) is 18.1 Å². The van der Waals surface area contributed by atoms with E-state index in [2.05, 4.69) is 88.7 Å². The number of rotatable bonds is 26. The minimum Gasteiger partial charge on any atom is -0.508 e. The van der Waals surface area contributed by atoms with Gasteiger partial charge >= 0.3 is 0 Å². The molecule has 0 saturated carbocycles. The first kappa shape index (κ1) is 92.2. The van der Waals surface area contributed by atoms with Crippen LogP contribution in [-0.2, 0) is 104 Å². The molecule has 0 spiro atoms. The number of nitrogens with two attached hydrogens (primary N) is 2. The summed E-state index contributed by atoms with van der Waals surface area (Å²) in [6.45, 7) is 9.64. The number of phenolic OH excluding ortho intramolecular Hbond substituents is 1. The minimum atomic E-state index is -1.69. The topological polar surface area (TPSA) is 566 Å². The Labute approximate surface area is 694 Å². The van der Waals surface area contributed by atoms with Gasteiger partial charge in [-0.15, -0.1) is 0 Å². The van der Waals surface area contributed by atoms with Crippen LogP contribution < -0.4 is 75.3 Å². The fourth-order valence-corrected chi connectivity index (χ4v) is 14.6. The van der Waals surface area contributed by atoms with Crippen molar-refractivity contribution in [3.63, 3.8) is 0 Å². The number of aromatic hydroxyl groups is 1. The Morgan fingerprint density at radius 3 is 1.75 bits per heavy atom. The predicted molar refractivity (Wildman–Crippen MR) is 441 cm³/mol. The Morgan fingerprint density at radius 1 is 0.571 bits per heavy atom. The van der Waals surface area contributed by atoms with Crippen LogP contribution >= 0.6 is 23.5 Å². The number of fused-ring (bicyclic) bond motifs is 3. The zero-order valence-corrected chi connectivity index (χ0v) is 68.4. The Morgan fingerprint density at radius 2 is 1.17 bits per heavy atom. The molecule has 7 aromatic rings. The molecular formula is C81H103N19O17S2. The van der Waals surface area contributed by atoms with Crippen LogP contribution in [-0.4, -0.2) is 220 Å². The van der Waals surface area contributed by atoms with Crippen molar-refractivity contribution in [1.82, 2.24) is 88.7 Å². The molecule has 3 aliphatic rings. The first-order valence-corrected chi connectivity index (χ1v) is 40.9. The van der Waals surface area contributed by atoms with E-state index in [9.17, 15) is 58.5 Å². The number of hydrogen-bond acceptors (Lipinski definition) is 22. The normalized spacial score (nSPS) is 20.4. The van der Waals surface area contributed by atoms with E-state index in [1.54, 1.807) is 111 Å². The number of thioether (sulfide) groups is 2. The third kappa shape index (κ3) is 28.5. The van der Waals surface area contributed by atoms with E-state index in [1.807, 2.05) is 13.8 Å². The first-order chi connectivity index (χ1) is 56.7. The number of phenols is 1. The Kier molecular flexibility index (Phi) is 34.8. The van der Waals surface area contributed by atoms with Crippen molar-refractivity contribution in [3.05, 3.63) is 168 Å². The van der Waals surface area contributed by atoms with Crippen LogP contribution in [0.25, 0.3) is 22.0 Å². The van der Waals surface area contributed by atoms with Crippen LogP contribution in [0.3, 0.4) is 0 Å². The summed E-state index contributed by atoms with van der Waals surface area (Å²) in [5, 5.41) is 63.6. The molecule has 0 radical (unpaired) electrons. The zero-order valence-electron chi connectivity index (χ0n) is 66.7. The number of nitrogens with one attached hydrogen (secondary N) is 14. The van der Waals surface area contributed by atoms with E-state index in [4.69, 9.17) is 11.5 Å². The number of nitrogens with zero attached hydrogens (tertiary/aromatic N) is 3. The van der Waals surface area contributed by atoms with E-state index in [1.165, 1.54) is 57.6 Å². The molecule has 10 rings (SSSR count). The molecule has 21 N–H and O–H groups in total. The molecule has 0 aliphatic carbocycles. The van der Waals surface area contributed by atoms with Gasteiger partial charge in [-0.25, -0.2) is 4.98 Å². The first-order valence-electron chi connectivity index (χ1n) is 38.6. The molecule has 3 aromatic carbocycles. The summed E-state index contributed by atoms with van der Waals surface area (Å²) in [7, 11) is 0. The summed E-state index contributed by atoms with van der Waals surface area (Å²) >= 11 is 2.29. The van der Waals surface area contributed by atoms with Crippen molar-refractivity contribution >= 4 is 117 Å². The van der Waals surface area contributed by atoms with Crippen molar-refractivity contribution in [1.29, 1.82) is 0 Å². The number of primary amides is 2. The average Bonchev–Trinajstić information content (AvgIpc) is 1.72. The number of hydrogen-bond donors (Lipinski definition) is 19. The Balaban J connectivity index is 1.19. The van der Waals surface area contributed by atoms with Crippen molar-refractivity contribution < 1.29 is 82.4 Å². The van der Waals surface area contributed by atoms with E-state index in [-0.39, 0.29) is 66.8 Å². The molecule has 14 amide bonds. The molecule has 119 heavy (non-hydrogen) atoms. The van der Waals surface area contributed by atoms with Crippen LogP contribution in [0.5, 0.6) is 5.75 Å². The van der Waals surface area contributed by atoms with E-state index in [0.29, 0.717) is 55.8 Å². The SMILES string of the molecule is CC(=O)N[C@@H](CC(C)C)C(=O)N[C@H](C(=O)N[C@@H](Cc1ccccc1)C(=O)N[C@H]1CSCc2ccc(cn2)-c2ccc(nc2)CSC[C@@H](C(=O)N[C@@H](CO)C(N)=O)NC(=O)[C@H](C(C)C)NC(=O)[C@H](CCC(N)=O)NC(=O)[C@H](C)NC(=O)[C@H](Cc2c[nH]c3ccccc23)NC(=O)[C@H](Cc2ccc(O)cc2)NC(=O)[C@H](Cc2cnc[nH]2)NC1=O)[C@@H](C)O. The Hall–Kier alpha value is -12.3. The van der Waals surface area contributed by atoms with E-state index < -0.39 is 187 Å². The number of amides is 14. The second-order valence-electron chi connectivity index (χ2n) is 29.7. The molecule has 636 valence electrons. The molecule has 36 nitrogen and oxygen atoms in total. The number of aliphatic hydroxyl groups excluding tert-OH is 2. The van der Waals surface area contributed by atoms with Crippen LogP contribution in [0, 0.1) is 11.8 Å². The number of carbonyl (C=O) groups excluding carboxylic acids is 14. The molecule has 0 unspecified atom stereocenters. The summed E-state index contributed by atoms with van der Waals surface area (Å²) < 4.78 is 0. The number of carbonyl (C=O) groups is 14. The maximum atomic E-state index is 15.5. The molecule has 0 saturated heterocycles. The quantitative estimate of drug-likeness (QED) is 0.0315. The average molecular weight is 1680 g/mol. The summed E-state index contributed by atoms with van der Waals surface area (Å²) in [5.41, 5.74) is 15.6. The lowest BCUT2D eigenvalue weighted by Crippen LogP contribution is -2.62. The second kappa shape index (κ2) is 44.9. The highest BCUT2D eigenvalue weighted by atomic mass is 32.2. The number of imidazole rings is 1. The predicted octanol–water partition coefficient (Wildman–Crippen LogP) is -0.812. The molecule has 7 heterocycles. The van der Waals surface area contributed by atoms with Gasteiger partial charge in [-0.2, -0.15) is 23.5 Å². The van der Waals surface area contributed by atoms with Crippen LogP contribution in [0.1, 0.15) is 102 Å². The lowest BCUT2D eigenvalue weighted by Gasteiger charge is -2.29. The van der Waals surface area contributed by atoms with Crippen LogP contribution in [0.15, 0.2) is 134 Å². The highest BCUT2D eigenvalue weighted by Crippen LogP contribution is 2.24. The van der Waals surface area contributed by atoms with Crippen LogP contribution in [0.4, 0.5) is 0 Å². The van der Waals surface area contributed by atoms with E-state index >= 15 is 24.0 Å². The minimum absolute atomic E-state index is 0.102. The summed E-state index contributed by atoms with van der Waals surface area (Å²) in [6.07, 6.45) is 4.05. The molecule has 0 fully saturated rings. The van der Waals surface area contributed by atoms with Crippen molar-refractivity contribution in [2.45, 2.75) is 184 Å². The highest BCUT2D eigenvalue weighted by molar-refractivity contribution is 7.98. The number of benzene rings is 3. The van der Waals surface area contributed by atoms with Gasteiger partial charge in [0, 0.05) is 115 Å². The summed E-state index contributed by atoms with van der Waals surface area (Å²) in [6, 6.07) is 9.73. The summed E-state index contributed by atoms with van der Waals surface area (Å²) in [4.78, 5) is 218. The molecule has 13 atom stereocenters. The fourth-order valence-electron chi connectivity index (χ4n) is 12.7. The third-order valence-electron chi connectivity index (χ3n) is 19.2. The van der Waals surface area contributed by atoms with Crippen molar-refractivity contribution in [2.24, 2.45) is 23.3 Å². The van der Waals surface area contributed by atoms with Gasteiger partial charge in [0.15, 0.2) is 0 Å². The summed E-state index contributed by atoms with van der Waals surface area (Å²) in [5.74, 6) is -14.1.